The summed E-state index contributed by atoms with van der Waals surface area (Å²) in [6.45, 7) is 0. The van der Waals surface area contributed by atoms with Gasteiger partial charge in [0.25, 0.3) is 0 Å². The molecule has 0 saturated heterocycles. The van der Waals surface area contributed by atoms with Crippen LogP contribution in [-0.4, -0.2) is 9.13 Å². The number of aromatic nitrogens is 2. The number of rotatable bonds is 6. The van der Waals surface area contributed by atoms with E-state index in [1.807, 2.05) is 0 Å². The third-order valence-electron chi connectivity index (χ3n) is 14.5. The van der Waals surface area contributed by atoms with Crippen LogP contribution in [0.5, 0.6) is 0 Å². The van der Waals surface area contributed by atoms with Crippen molar-refractivity contribution in [3.63, 3.8) is 0 Å². The predicted molar refractivity (Wildman–Crippen MR) is 277 cm³/mol. The van der Waals surface area contributed by atoms with Crippen molar-refractivity contribution in [2.45, 2.75) is 0 Å². The van der Waals surface area contributed by atoms with Crippen LogP contribution in [0.25, 0.3) is 88.4 Å². The zero-order valence-electron chi connectivity index (χ0n) is 36.1. The van der Waals surface area contributed by atoms with Gasteiger partial charge in [-0.2, -0.15) is 0 Å². The Morgan fingerprint density at radius 3 is 1.09 bits per heavy atom. The molecule has 0 N–H and O–H groups in total. The number of benzene rings is 8. The lowest BCUT2D eigenvalue weighted by molar-refractivity contribution is 0.566. The smallest absolute Gasteiger partial charge is 0.0541 e. The molecule has 14 rings (SSSR count). The van der Waals surface area contributed by atoms with E-state index in [1.165, 1.54) is 122 Å². The molecule has 2 nitrogen and oxygen atoms in total. The summed E-state index contributed by atoms with van der Waals surface area (Å²) < 4.78 is 4.82. The molecule has 0 aliphatic heterocycles. The Labute approximate surface area is 383 Å². The molecule has 66 heavy (non-hydrogen) atoms. The van der Waals surface area contributed by atoms with E-state index in [2.05, 4.69) is 252 Å². The van der Waals surface area contributed by atoms with Gasteiger partial charge in [-0.25, -0.2) is 0 Å². The average Bonchev–Trinajstić information content (AvgIpc) is 3.90. The van der Waals surface area contributed by atoms with Gasteiger partial charge in [-0.3, -0.25) is 0 Å². The largest absolute Gasteiger partial charge is 0.309 e. The van der Waals surface area contributed by atoms with Crippen LogP contribution in [0.3, 0.4) is 0 Å². The maximum atomic E-state index is 2.42. The van der Waals surface area contributed by atoms with Crippen molar-refractivity contribution in [1.82, 2.24) is 9.13 Å². The molecule has 2 aromatic heterocycles. The van der Waals surface area contributed by atoms with E-state index in [4.69, 9.17) is 0 Å². The first-order valence-corrected chi connectivity index (χ1v) is 23.1. The number of para-hydroxylation sites is 2. The highest BCUT2D eigenvalue weighted by Crippen LogP contribution is 2.51. The maximum absolute atomic E-state index is 2.42. The number of nitrogens with zero attached hydrogens (tertiary/aromatic N) is 2. The van der Waals surface area contributed by atoms with E-state index < -0.39 is 0 Å². The van der Waals surface area contributed by atoms with Gasteiger partial charge < -0.3 is 9.13 Å². The molecule has 8 aromatic carbocycles. The van der Waals surface area contributed by atoms with Crippen LogP contribution in [0.2, 0.25) is 0 Å². The predicted octanol–water partition coefficient (Wildman–Crippen LogP) is 16.2. The molecular formula is C64H42N2. The van der Waals surface area contributed by atoms with Crippen LogP contribution < -0.4 is 0 Å². The van der Waals surface area contributed by atoms with Crippen molar-refractivity contribution < 1.29 is 0 Å². The maximum Gasteiger partial charge on any atom is 0.0541 e. The topological polar surface area (TPSA) is 9.86 Å². The van der Waals surface area contributed by atoms with Crippen LogP contribution >= 0.6 is 0 Å². The third kappa shape index (κ3) is 5.75. The van der Waals surface area contributed by atoms with E-state index in [1.54, 1.807) is 0 Å². The quantitative estimate of drug-likeness (QED) is 0.158. The molecular weight excluding hydrogens is 797 g/mol. The van der Waals surface area contributed by atoms with E-state index in [0.717, 1.165) is 0 Å². The summed E-state index contributed by atoms with van der Waals surface area (Å²) in [6.07, 6.45) is 19.2. The van der Waals surface area contributed by atoms with Crippen LogP contribution in [0, 0.1) is 11.8 Å². The molecule has 0 bridgehead atoms. The lowest BCUT2D eigenvalue weighted by Crippen LogP contribution is -2.29. The van der Waals surface area contributed by atoms with Crippen molar-refractivity contribution in [2.24, 2.45) is 11.8 Å². The molecule has 308 valence electrons. The van der Waals surface area contributed by atoms with Gasteiger partial charge in [0.2, 0.25) is 0 Å². The molecule has 0 amide bonds. The van der Waals surface area contributed by atoms with Crippen molar-refractivity contribution in [3.05, 3.63) is 276 Å². The highest BCUT2D eigenvalue weighted by atomic mass is 15.0. The molecule has 10 aromatic rings. The first kappa shape index (κ1) is 37.0. The van der Waals surface area contributed by atoms with Crippen molar-refractivity contribution >= 4 is 54.8 Å². The average molecular weight is 839 g/mol. The second-order valence-electron chi connectivity index (χ2n) is 18.1. The van der Waals surface area contributed by atoms with Gasteiger partial charge >= 0.3 is 0 Å². The summed E-state index contributed by atoms with van der Waals surface area (Å²) in [6, 6.07) is 71.0. The zero-order valence-corrected chi connectivity index (χ0v) is 36.1. The molecule has 2 heterocycles. The fourth-order valence-corrected chi connectivity index (χ4v) is 11.4. The normalized spacial score (nSPS) is 17.3. The molecule has 2 atom stereocenters. The summed E-state index contributed by atoms with van der Waals surface area (Å²) in [5, 5.41) is 5.08. The summed E-state index contributed by atoms with van der Waals surface area (Å²) in [7, 11) is 0. The van der Waals surface area contributed by atoms with Gasteiger partial charge in [0.1, 0.15) is 0 Å². The third-order valence-corrected chi connectivity index (χ3v) is 14.5. The number of allylic oxidation sites excluding steroid dienone is 14. The summed E-state index contributed by atoms with van der Waals surface area (Å²) in [5.74, 6) is 0.640. The Morgan fingerprint density at radius 1 is 0.273 bits per heavy atom. The lowest BCUT2D eigenvalue weighted by atomic mass is 9.63. The van der Waals surface area contributed by atoms with Crippen LogP contribution in [0.4, 0.5) is 0 Å². The summed E-state index contributed by atoms with van der Waals surface area (Å²) in [5.41, 5.74) is 22.7. The van der Waals surface area contributed by atoms with Gasteiger partial charge in [-0.1, -0.05) is 182 Å². The standard InChI is InChI=1S/C64H42N2/c1-3-11-41(12-4-1)45-27-33-61-57(39-45)55-15-7-9-17-59(55)65(61)53-29-23-43(24-30-53)51-35-47-19-21-49-37-52(38-50-22-20-48(36-51)63(47)64(49)50)44-25-31-54(32-26-44)66-60-18-10-8-16-56(60)58-40-46(28-34-62(58)66)42-13-5-2-6-14-42/h1-40,63-64H. The van der Waals surface area contributed by atoms with Crippen LogP contribution in [0.15, 0.2) is 265 Å². The Hall–Kier alpha value is -8.46. The van der Waals surface area contributed by atoms with E-state index in [0.29, 0.717) is 11.8 Å². The number of hydrogen-bond acceptors (Lipinski definition) is 0. The zero-order chi connectivity index (χ0) is 43.3. The Morgan fingerprint density at radius 2 is 0.652 bits per heavy atom. The van der Waals surface area contributed by atoms with Gasteiger partial charge in [-0.05, 0) is 127 Å². The molecule has 0 spiro atoms. The van der Waals surface area contributed by atoms with E-state index in [-0.39, 0.29) is 0 Å². The van der Waals surface area contributed by atoms with Crippen molar-refractivity contribution in [3.8, 4) is 33.6 Å². The highest BCUT2D eigenvalue weighted by Gasteiger charge is 2.38. The van der Waals surface area contributed by atoms with Gasteiger partial charge in [0.05, 0.1) is 22.1 Å². The van der Waals surface area contributed by atoms with Gasteiger partial charge in [0, 0.05) is 44.8 Å². The molecule has 2 unspecified atom stereocenters. The Kier molecular flexibility index (Phi) is 8.14. The Balaban J connectivity index is 0.769. The number of hydrogen-bond donors (Lipinski definition) is 0. The SMILES string of the molecule is C1=CC2=CC(c3ccc(-n4c5ccccc5c5cc(-c6ccccc6)ccc54)cc3)=CC3=CC=C4C=C(c5ccc(-n6c7ccccc7c7cc(-c8ccccc8)ccc76)cc5)C=C1C4C32. The lowest BCUT2D eigenvalue weighted by Gasteiger charge is -2.40. The van der Waals surface area contributed by atoms with Gasteiger partial charge in [0.15, 0.2) is 0 Å². The van der Waals surface area contributed by atoms with Crippen LogP contribution in [-0.2, 0) is 0 Å². The molecule has 2 heteroatoms. The first-order chi connectivity index (χ1) is 32.7. The van der Waals surface area contributed by atoms with Gasteiger partial charge in [-0.15, -0.1) is 0 Å². The Bertz CT molecular complexity index is 3620. The molecule has 0 fully saturated rings. The van der Waals surface area contributed by atoms with Crippen molar-refractivity contribution in [2.75, 3.05) is 0 Å². The number of fused-ring (bicyclic) bond motifs is 6. The second kappa shape index (κ2) is 14.5. The fraction of sp³-hybridized carbons (Fsp3) is 0.0312. The fourth-order valence-electron chi connectivity index (χ4n) is 11.4. The minimum absolute atomic E-state index is 0.320. The molecule has 4 aliphatic carbocycles. The first-order valence-electron chi connectivity index (χ1n) is 23.1. The summed E-state index contributed by atoms with van der Waals surface area (Å²) >= 11 is 0. The molecule has 0 radical (unpaired) electrons. The molecule has 4 aliphatic rings. The minimum atomic E-state index is 0.320. The van der Waals surface area contributed by atoms with E-state index >= 15 is 0 Å². The minimum Gasteiger partial charge on any atom is -0.309 e. The van der Waals surface area contributed by atoms with Crippen LogP contribution in [0.1, 0.15) is 11.1 Å². The second-order valence-corrected chi connectivity index (χ2v) is 18.1. The monoisotopic (exact) mass is 838 g/mol. The summed E-state index contributed by atoms with van der Waals surface area (Å²) in [4.78, 5) is 0. The van der Waals surface area contributed by atoms with Crippen molar-refractivity contribution in [1.29, 1.82) is 0 Å². The van der Waals surface area contributed by atoms with E-state index in [9.17, 15) is 0 Å². The molecule has 0 saturated carbocycles. The highest BCUT2D eigenvalue weighted by molar-refractivity contribution is 6.11.